The maximum absolute atomic E-state index is 11.4. The van der Waals surface area contributed by atoms with E-state index in [1.165, 1.54) is 0 Å². The Balaban J connectivity index is 2.59. The number of carbonyl (C=O) groups is 2. The summed E-state index contributed by atoms with van der Waals surface area (Å²) in [4.78, 5) is 21.7. The van der Waals surface area contributed by atoms with Crippen LogP contribution in [0.1, 0.15) is 15.9 Å². The Kier molecular flexibility index (Phi) is 4.47. The van der Waals surface area contributed by atoms with Crippen molar-refractivity contribution in [3.63, 3.8) is 0 Å². The van der Waals surface area contributed by atoms with Gasteiger partial charge in [-0.05, 0) is 30.7 Å². The van der Waals surface area contributed by atoms with E-state index >= 15 is 0 Å². The van der Waals surface area contributed by atoms with E-state index in [9.17, 15) is 9.59 Å². The highest BCUT2D eigenvalue weighted by Crippen LogP contribution is 2.04. The summed E-state index contributed by atoms with van der Waals surface area (Å²) in [6.45, 7) is 0.188. The SMILES string of the molecule is NCCc1ccc(C(=O)NCC(=O)O)cc1. The van der Waals surface area contributed by atoms with Gasteiger partial charge in [0, 0.05) is 5.56 Å². The highest BCUT2D eigenvalue weighted by Gasteiger charge is 2.06. The van der Waals surface area contributed by atoms with Crippen LogP contribution in [0.25, 0.3) is 0 Å². The van der Waals surface area contributed by atoms with E-state index in [0.717, 1.165) is 12.0 Å². The lowest BCUT2D eigenvalue weighted by molar-refractivity contribution is -0.135. The van der Waals surface area contributed by atoms with Gasteiger partial charge in [-0.2, -0.15) is 0 Å². The highest BCUT2D eigenvalue weighted by atomic mass is 16.4. The molecule has 1 amide bonds. The second-order valence-corrected chi connectivity index (χ2v) is 3.31. The van der Waals surface area contributed by atoms with E-state index in [0.29, 0.717) is 12.1 Å². The third kappa shape index (κ3) is 3.70. The molecule has 0 aliphatic rings. The first-order valence-corrected chi connectivity index (χ1v) is 4.92. The van der Waals surface area contributed by atoms with Crippen molar-refractivity contribution in [1.82, 2.24) is 5.32 Å². The van der Waals surface area contributed by atoms with Crippen LogP contribution >= 0.6 is 0 Å². The third-order valence-electron chi connectivity index (χ3n) is 2.05. The van der Waals surface area contributed by atoms with Crippen LogP contribution in [0.4, 0.5) is 0 Å². The first-order valence-electron chi connectivity index (χ1n) is 4.92. The molecule has 0 saturated carbocycles. The predicted molar refractivity (Wildman–Crippen MR) is 59.2 cm³/mol. The molecular formula is C11H14N2O3. The van der Waals surface area contributed by atoms with Gasteiger partial charge in [-0.25, -0.2) is 0 Å². The Hall–Kier alpha value is -1.88. The van der Waals surface area contributed by atoms with Crippen molar-refractivity contribution in [3.05, 3.63) is 35.4 Å². The Labute approximate surface area is 93.3 Å². The van der Waals surface area contributed by atoms with Crippen LogP contribution in [0.15, 0.2) is 24.3 Å². The third-order valence-corrected chi connectivity index (χ3v) is 2.05. The van der Waals surface area contributed by atoms with Crippen molar-refractivity contribution in [1.29, 1.82) is 0 Å². The first kappa shape index (κ1) is 12.2. The summed E-state index contributed by atoms with van der Waals surface area (Å²) in [7, 11) is 0. The molecule has 0 atom stereocenters. The smallest absolute Gasteiger partial charge is 0.322 e. The monoisotopic (exact) mass is 222 g/mol. The number of aliphatic carboxylic acids is 1. The molecule has 5 heteroatoms. The maximum Gasteiger partial charge on any atom is 0.322 e. The summed E-state index contributed by atoms with van der Waals surface area (Å²) in [5.74, 6) is -1.45. The van der Waals surface area contributed by atoms with Crippen molar-refractivity contribution in [2.75, 3.05) is 13.1 Å². The van der Waals surface area contributed by atoms with Gasteiger partial charge in [-0.3, -0.25) is 9.59 Å². The summed E-state index contributed by atoms with van der Waals surface area (Å²) in [6, 6.07) is 6.93. The van der Waals surface area contributed by atoms with E-state index in [4.69, 9.17) is 10.8 Å². The van der Waals surface area contributed by atoms with E-state index in [1.807, 2.05) is 12.1 Å². The molecule has 1 rings (SSSR count). The number of carboxylic acids is 1. The van der Waals surface area contributed by atoms with Crippen molar-refractivity contribution < 1.29 is 14.7 Å². The highest BCUT2D eigenvalue weighted by molar-refractivity contribution is 5.95. The standard InChI is InChI=1S/C11H14N2O3/c12-6-5-8-1-3-9(4-2-8)11(16)13-7-10(14)15/h1-4H,5-7,12H2,(H,13,16)(H,14,15). The fourth-order valence-corrected chi connectivity index (χ4v) is 1.25. The number of nitrogens with one attached hydrogen (secondary N) is 1. The van der Waals surface area contributed by atoms with Crippen molar-refractivity contribution in [2.45, 2.75) is 6.42 Å². The number of amides is 1. The number of carboxylic acid groups (broad SMARTS) is 1. The van der Waals surface area contributed by atoms with E-state index in [1.54, 1.807) is 12.1 Å². The fraction of sp³-hybridized carbons (Fsp3) is 0.273. The summed E-state index contributed by atoms with van der Waals surface area (Å²) in [5.41, 5.74) is 6.89. The number of nitrogens with two attached hydrogens (primary N) is 1. The van der Waals surface area contributed by atoms with Crippen molar-refractivity contribution >= 4 is 11.9 Å². The molecule has 0 heterocycles. The lowest BCUT2D eigenvalue weighted by Gasteiger charge is -2.03. The molecule has 4 N–H and O–H groups in total. The topological polar surface area (TPSA) is 92.4 Å². The quantitative estimate of drug-likeness (QED) is 0.654. The molecule has 0 bridgehead atoms. The molecular weight excluding hydrogens is 208 g/mol. The van der Waals surface area contributed by atoms with Crippen LogP contribution in [-0.4, -0.2) is 30.1 Å². The van der Waals surface area contributed by atoms with Gasteiger partial charge in [0.15, 0.2) is 0 Å². The average molecular weight is 222 g/mol. The first-order chi connectivity index (χ1) is 7.63. The molecule has 0 saturated heterocycles. The molecule has 0 fully saturated rings. The number of carbonyl (C=O) groups excluding carboxylic acids is 1. The second-order valence-electron chi connectivity index (χ2n) is 3.31. The van der Waals surface area contributed by atoms with Gasteiger partial charge >= 0.3 is 5.97 Å². The molecule has 86 valence electrons. The molecule has 5 nitrogen and oxygen atoms in total. The van der Waals surface area contributed by atoms with E-state index in [-0.39, 0.29) is 12.5 Å². The lowest BCUT2D eigenvalue weighted by Crippen LogP contribution is -2.29. The molecule has 1 aromatic rings. The Morgan fingerprint density at radius 3 is 2.38 bits per heavy atom. The van der Waals surface area contributed by atoms with E-state index < -0.39 is 5.97 Å². The molecule has 0 aromatic heterocycles. The molecule has 0 unspecified atom stereocenters. The van der Waals surface area contributed by atoms with Crippen LogP contribution in [0, 0.1) is 0 Å². The van der Waals surface area contributed by atoms with Gasteiger partial charge < -0.3 is 16.2 Å². The average Bonchev–Trinajstić information content (AvgIpc) is 2.27. The Morgan fingerprint density at radius 1 is 1.25 bits per heavy atom. The van der Waals surface area contributed by atoms with Crippen LogP contribution < -0.4 is 11.1 Å². The molecule has 0 spiro atoms. The van der Waals surface area contributed by atoms with Gasteiger partial charge in [0.1, 0.15) is 6.54 Å². The minimum absolute atomic E-state index is 0.372. The second kappa shape index (κ2) is 5.87. The van der Waals surface area contributed by atoms with Gasteiger partial charge in [-0.15, -0.1) is 0 Å². The fourth-order valence-electron chi connectivity index (χ4n) is 1.25. The van der Waals surface area contributed by atoms with Crippen molar-refractivity contribution in [3.8, 4) is 0 Å². The lowest BCUT2D eigenvalue weighted by atomic mass is 10.1. The summed E-state index contributed by atoms with van der Waals surface area (Å²) in [6.07, 6.45) is 0.761. The Morgan fingerprint density at radius 2 is 1.88 bits per heavy atom. The summed E-state index contributed by atoms with van der Waals surface area (Å²) < 4.78 is 0. The normalized spacial score (nSPS) is 9.81. The van der Waals surface area contributed by atoms with Crippen LogP contribution in [0.2, 0.25) is 0 Å². The zero-order chi connectivity index (χ0) is 12.0. The Bertz CT molecular complexity index is 373. The van der Waals surface area contributed by atoms with Crippen LogP contribution in [0.5, 0.6) is 0 Å². The van der Waals surface area contributed by atoms with Gasteiger partial charge in [0.05, 0.1) is 0 Å². The zero-order valence-corrected chi connectivity index (χ0v) is 8.77. The van der Waals surface area contributed by atoms with Crippen LogP contribution in [-0.2, 0) is 11.2 Å². The maximum atomic E-state index is 11.4. The van der Waals surface area contributed by atoms with Crippen LogP contribution in [0.3, 0.4) is 0 Å². The van der Waals surface area contributed by atoms with Gasteiger partial charge in [-0.1, -0.05) is 12.1 Å². The molecule has 0 aliphatic heterocycles. The molecule has 0 aliphatic carbocycles. The summed E-state index contributed by atoms with van der Waals surface area (Å²) >= 11 is 0. The van der Waals surface area contributed by atoms with Crippen molar-refractivity contribution in [2.24, 2.45) is 5.73 Å². The zero-order valence-electron chi connectivity index (χ0n) is 8.77. The minimum Gasteiger partial charge on any atom is -0.480 e. The molecule has 16 heavy (non-hydrogen) atoms. The minimum atomic E-state index is -1.06. The van der Waals surface area contributed by atoms with E-state index in [2.05, 4.69) is 5.32 Å². The predicted octanol–water partition coefficient (Wildman–Crippen LogP) is 0.00220. The number of hydrogen-bond donors (Lipinski definition) is 3. The summed E-state index contributed by atoms with van der Waals surface area (Å²) in [5, 5.41) is 10.7. The van der Waals surface area contributed by atoms with Gasteiger partial charge in [0.25, 0.3) is 5.91 Å². The molecule has 0 radical (unpaired) electrons. The number of rotatable bonds is 5. The van der Waals surface area contributed by atoms with Gasteiger partial charge in [0.2, 0.25) is 0 Å². The molecule has 1 aromatic carbocycles. The largest absolute Gasteiger partial charge is 0.480 e. The number of hydrogen-bond acceptors (Lipinski definition) is 3. The number of benzene rings is 1.